The number of carboxylic acids is 1. The highest BCUT2D eigenvalue weighted by molar-refractivity contribution is 5.94. The Morgan fingerprint density at radius 2 is 2.17 bits per heavy atom. The van der Waals surface area contributed by atoms with E-state index in [0.717, 1.165) is 0 Å². The van der Waals surface area contributed by atoms with Crippen LogP contribution in [0.15, 0.2) is 23.1 Å². The summed E-state index contributed by atoms with van der Waals surface area (Å²) in [6, 6.07) is 2.31. The summed E-state index contributed by atoms with van der Waals surface area (Å²) in [5.74, 6) is -1.40. The second kappa shape index (κ2) is 6.00. The van der Waals surface area contributed by atoms with E-state index < -0.39 is 17.9 Å². The van der Waals surface area contributed by atoms with Gasteiger partial charge in [-0.25, -0.2) is 0 Å². The first-order valence-corrected chi connectivity index (χ1v) is 5.63. The average Bonchev–Trinajstić information content (AvgIpc) is 2.31. The molecule has 0 saturated carbocycles. The third-order valence-electron chi connectivity index (χ3n) is 2.62. The van der Waals surface area contributed by atoms with Crippen LogP contribution in [0.25, 0.3) is 0 Å². The Kier molecular flexibility index (Phi) is 4.65. The number of nitrogens with one attached hydrogen (secondary N) is 1. The first kappa shape index (κ1) is 14.0. The van der Waals surface area contributed by atoms with Gasteiger partial charge >= 0.3 is 5.97 Å². The molecule has 0 radical (unpaired) electrons. The second-order valence-corrected chi connectivity index (χ2v) is 4.04. The highest BCUT2D eigenvalue weighted by Crippen LogP contribution is 2.01. The van der Waals surface area contributed by atoms with Crippen molar-refractivity contribution >= 4 is 11.9 Å². The fraction of sp³-hybridized carbons (Fsp3) is 0.417. The normalized spacial score (nSPS) is 11.9. The zero-order valence-electron chi connectivity index (χ0n) is 10.3. The van der Waals surface area contributed by atoms with E-state index in [1.807, 2.05) is 0 Å². The molecule has 0 aliphatic rings. The maximum absolute atomic E-state index is 11.8. The highest BCUT2D eigenvalue weighted by atomic mass is 16.4. The van der Waals surface area contributed by atoms with Crippen molar-refractivity contribution in [2.24, 2.45) is 7.05 Å². The van der Waals surface area contributed by atoms with Gasteiger partial charge in [0.2, 0.25) is 0 Å². The van der Waals surface area contributed by atoms with Crippen LogP contribution in [0.4, 0.5) is 0 Å². The van der Waals surface area contributed by atoms with E-state index in [0.29, 0.717) is 6.42 Å². The maximum atomic E-state index is 11.8. The van der Waals surface area contributed by atoms with Crippen molar-refractivity contribution in [3.63, 3.8) is 0 Å². The Morgan fingerprint density at radius 1 is 1.50 bits per heavy atom. The molecule has 1 unspecified atom stereocenters. The second-order valence-electron chi connectivity index (χ2n) is 4.04. The van der Waals surface area contributed by atoms with E-state index in [2.05, 4.69) is 5.32 Å². The van der Waals surface area contributed by atoms with Crippen LogP contribution >= 0.6 is 0 Å². The summed E-state index contributed by atoms with van der Waals surface area (Å²) in [5, 5.41) is 11.3. The Balaban J connectivity index is 2.77. The lowest BCUT2D eigenvalue weighted by Gasteiger charge is -2.14. The largest absolute Gasteiger partial charge is 0.481 e. The van der Waals surface area contributed by atoms with Gasteiger partial charge in [-0.2, -0.15) is 0 Å². The third-order valence-corrected chi connectivity index (χ3v) is 2.62. The number of carbonyl (C=O) groups is 2. The van der Waals surface area contributed by atoms with Crippen molar-refractivity contribution in [3.05, 3.63) is 34.2 Å². The van der Waals surface area contributed by atoms with Gasteiger partial charge in [-0.3, -0.25) is 14.4 Å². The molecule has 1 aromatic heterocycles. The number of carbonyl (C=O) groups excluding carboxylic acids is 1. The quantitative estimate of drug-likeness (QED) is 0.792. The van der Waals surface area contributed by atoms with Crippen molar-refractivity contribution in [3.8, 4) is 0 Å². The van der Waals surface area contributed by atoms with E-state index >= 15 is 0 Å². The molecule has 98 valence electrons. The molecule has 0 fully saturated rings. The minimum absolute atomic E-state index is 0.132. The number of hydrogen-bond acceptors (Lipinski definition) is 3. The summed E-state index contributed by atoms with van der Waals surface area (Å²) in [7, 11) is 1.59. The van der Waals surface area contributed by atoms with Crippen molar-refractivity contribution in [1.82, 2.24) is 9.88 Å². The Hall–Kier alpha value is -2.11. The lowest BCUT2D eigenvalue weighted by atomic mass is 10.1. The van der Waals surface area contributed by atoms with Crippen molar-refractivity contribution in [1.29, 1.82) is 0 Å². The summed E-state index contributed by atoms with van der Waals surface area (Å²) >= 11 is 0. The molecule has 1 aromatic rings. The number of carboxylic acid groups (broad SMARTS) is 1. The lowest BCUT2D eigenvalue weighted by Crippen LogP contribution is -2.36. The topological polar surface area (TPSA) is 88.4 Å². The summed E-state index contributed by atoms with van der Waals surface area (Å²) in [6.07, 6.45) is 1.88. The number of aliphatic carboxylic acids is 1. The molecule has 6 heteroatoms. The van der Waals surface area contributed by atoms with E-state index in [-0.39, 0.29) is 17.5 Å². The summed E-state index contributed by atoms with van der Waals surface area (Å²) in [4.78, 5) is 33.8. The number of amides is 1. The average molecular weight is 252 g/mol. The van der Waals surface area contributed by atoms with Gasteiger partial charge in [0.1, 0.15) is 0 Å². The van der Waals surface area contributed by atoms with Gasteiger partial charge in [-0.05, 0) is 12.5 Å². The summed E-state index contributed by atoms with van der Waals surface area (Å²) in [6.45, 7) is 1.79. The first-order valence-electron chi connectivity index (χ1n) is 5.63. The van der Waals surface area contributed by atoms with E-state index in [1.165, 1.54) is 22.9 Å². The van der Waals surface area contributed by atoms with Gasteiger partial charge < -0.3 is 15.0 Å². The number of nitrogens with zero attached hydrogens (tertiary/aromatic N) is 1. The zero-order valence-corrected chi connectivity index (χ0v) is 10.3. The third kappa shape index (κ3) is 3.73. The van der Waals surface area contributed by atoms with Crippen molar-refractivity contribution < 1.29 is 14.7 Å². The molecule has 1 amide bonds. The Morgan fingerprint density at radius 3 is 2.67 bits per heavy atom. The summed E-state index contributed by atoms with van der Waals surface area (Å²) < 4.78 is 1.35. The highest BCUT2D eigenvalue weighted by Gasteiger charge is 2.15. The van der Waals surface area contributed by atoms with E-state index in [9.17, 15) is 14.4 Å². The fourth-order valence-corrected chi connectivity index (χ4v) is 1.47. The molecule has 1 heterocycles. The Bertz CT molecular complexity index is 507. The molecule has 18 heavy (non-hydrogen) atoms. The molecule has 0 aliphatic heterocycles. The van der Waals surface area contributed by atoms with Crippen LogP contribution in [0.1, 0.15) is 30.1 Å². The van der Waals surface area contributed by atoms with Gasteiger partial charge in [0.15, 0.2) is 0 Å². The smallest absolute Gasteiger partial charge is 0.305 e. The molecule has 6 nitrogen and oxygen atoms in total. The predicted octanol–water partition coefficient (Wildman–Crippen LogP) is 0.368. The van der Waals surface area contributed by atoms with Gasteiger partial charge in [0, 0.05) is 30.9 Å². The number of pyridine rings is 1. The van der Waals surface area contributed by atoms with Crippen molar-refractivity contribution in [2.45, 2.75) is 25.8 Å². The standard InChI is InChI=1S/C12H16N2O4/c1-3-9(7-11(16)17)13-12(18)8-4-5-14(2)10(15)6-8/h4-6,9H,3,7H2,1-2H3,(H,13,18)(H,16,17). The predicted molar refractivity (Wildman–Crippen MR) is 65.5 cm³/mol. The van der Waals surface area contributed by atoms with Crippen LogP contribution in [0, 0.1) is 0 Å². The lowest BCUT2D eigenvalue weighted by molar-refractivity contribution is -0.137. The van der Waals surface area contributed by atoms with Gasteiger partial charge in [-0.15, -0.1) is 0 Å². The molecule has 1 atom stereocenters. The molecule has 0 aliphatic carbocycles. The van der Waals surface area contributed by atoms with Gasteiger partial charge in [0.25, 0.3) is 11.5 Å². The molecule has 0 spiro atoms. The molecule has 2 N–H and O–H groups in total. The van der Waals surface area contributed by atoms with Crippen molar-refractivity contribution in [2.75, 3.05) is 0 Å². The number of hydrogen-bond donors (Lipinski definition) is 2. The molecule has 0 aromatic carbocycles. The maximum Gasteiger partial charge on any atom is 0.305 e. The first-order chi connectivity index (χ1) is 8.43. The summed E-state index contributed by atoms with van der Waals surface area (Å²) in [5.41, 5.74) is -0.0455. The van der Waals surface area contributed by atoms with Gasteiger partial charge in [-0.1, -0.05) is 6.92 Å². The SMILES string of the molecule is CCC(CC(=O)O)NC(=O)c1ccn(C)c(=O)c1. The van der Waals surface area contributed by atoms with Crippen LogP contribution in [-0.2, 0) is 11.8 Å². The molecule has 0 bridgehead atoms. The van der Waals surface area contributed by atoms with Crippen LogP contribution in [0.3, 0.4) is 0 Å². The van der Waals surface area contributed by atoms with E-state index in [1.54, 1.807) is 14.0 Å². The number of aryl methyl sites for hydroxylation is 1. The van der Waals surface area contributed by atoms with Crippen LogP contribution in [0.5, 0.6) is 0 Å². The molecule has 0 saturated heterocycles. The van der Waals surface area contributed by atoms with Crippen LogP contribution in [0.2, 0.25) is 0 Å². The minimum Gasteiger partial charge on any atom is -0.481 e. The van der Waals surface area contributed by atoms with Crippen LogP contribution in [-0.4, -0.2) is 27.6 Å². The van der Waals surface area contributed by atoms with Crippen LogP contribution < -0.4 is 10.9 Å². The van der Waals surface area contributed by atoms with E-state index in [4.69, 9.17) is 5.11 Å². The zero-order chi connectivity index (χ0) is 13.7. The molecular weight excluding hydrogens is 236 g/mol. The monoisotopic (exact) mass is 252 g/mol. The van der Waals surface area contributed by atoms with Gasteiger partial charge in [0.05, 0.1) is 6.42 Å². The number of aromatic nitrogens is 1. The fourth-order valence-electron chi connectivity index (χ4n) is 1.47. The molecule has 1 rings (SSSR count). The minimum atomic E-state index is -0.967. The number of rotatable bonds is 5. The Labute approximate surface area is 104 Å². The molecular formula is C12H16N2O4.